The molecule has 0 amide bonds. The maximum atomic E-state index is 5.48. The Kier molecular flexibility index (Phi) is 7.12. The van der Waals surface area contributed by atoms with Gasteiger partial charge in [0.2, 0.25) is 0 Å². The summed E-state index contributed by atoms with van der Waals surface area (Å²) in [5, 5.41) is 0. The molecule has 0 aliphatic rings. The number of hydrogen-bond acceptors (Lipinski definition) is 0. The lowest BCUT2D eigenvalue weighted by Crippen LogP contribution is -1.75. The second-order valence-corrected chi connectivity index (χ2v) is 4.30. The Labute approximate surface area is 90.9 Å². The fourth-order valence-corrected chi connectivity index (χ4v) is 1.00. The van der Waals surface area contributed by atoms with E-state index in [0.717, 1.165) is 12.8 Å². The minimum absolute atomic E-state index is 0.307. The van der Waals surface area contributed by atoms with Crippen LogP contribution in [0.4, 0.5) is 0 Å². The largest absolute Gasteiger partial charge is 0.106 e. The number of hydrogen-bond donors (Lipinski definition) is 0. The first-order chi connectivity index (χ1) is 6.02. The molecule has 0 nitrogen and oxygen atoms in total. The summed E-state index contributed by atoms with van der Waals surface area (Å²) in [6, 6.07) is 0. The van der Waals surface area contributed by atoms with Crippen LogP contribution in [0.25, 0.3) is 0 Å². The number of allylic oxidation sites excluding steroid dienone is 5. The van der Waals surface area contributed by atoms with Crippen molar-refractivity contribution in [2.24, 2.45) is 0 Å². The zero-order valence-corrected chi connectivity index (χ0v) is 9.91. The van der Waals surface area contributed by atoms with Gasteiger partial charge in [-0.1, -0.05) is 46.5 Å². The van der Waals surface area contributed by atoms with E-state index in [2.05, 4.69) is 26.8 Å². The van der Waals surface area contributed by atoms with Crippen molar-refractivity contribution in [3.63, 3.8) is 0 Å². The molecule has 0 aliphatic carbocycles. The van der Waals surface area contributed by atoms with Crippen LogP contribution in [0.15, 0.2) is 33.9 Å². The summed E-state index contributed by atoms with van der Waals surface area (Å²) in [5.74, 6) is 0. The van der Waals surface area contributed by atoms with Crippen molar-refractivity contribution in [2.45, 2.75) is 33.6 Å². The van der Waals surface area contributed by atoms with Crippen molar-refractivity contribution in [3.05, 3.63) is 33.9 Å². The second-order valence-electron chi connectivity index (χ2n) is 3.29. The molecule has 0 N–H and O–H groups in total. The van der Waals surface area contributed by atoms with Crippen LogP contribution >= 0.6 is 23.2 Å². The Balaban J connectivity index is 3.88. The molecule has 0 aromatic rings. The van der Waals surface area contributed by atoms with Crippen LogP contribution in [-0.2, 0) is 0 Å². The van der Waals surface area contributed by atoms with E-state index in [1.165, 1.54) is 11.1 Å². The molecule has 0 saturated heterocycles. The van der Waals surface area contributed by atoms with Gasteiger partial charge in [-0.3, -0.25) is 0 Å². The molecular weight excluding hydrogens is 203 g/mol. The van der Waals surface area contributed by atoms with Gasteiger partial charge in [-0.05, 0) is 39.7 Å². The van der Waals surface area contributed by atoms with Crippen LogP contribution in [0.1, 0.15) is 33.6 Å². The van der Waals surface area contributed by atoms with Crippen molar-refractivity contribution in [3.8, 4) is 0 Å². The van der Waals surface area contributed by atoms with E-state index < -0.39 is 0 Å². The molecule has 0 radical (unpaired) electrons. The molecule has 0 spiro atoms. The van der Waals surface area contributed by atoms with Crippen LogP contribution < -0.4 is 0 Å². The van der Waals surface area contributed by atoms with Gasteiger partial charge in [-0.15, -0.1) is 0 Å². The summed E-state index contributed by atoms with van der Waals surface area (Å²) < 4.78 is 0.307. The average Bonchev–Trinajstić information content (AvgIpc) is 2.00. The van der Waals surface area contributed by atoms with Gasteiger partial charge in [0.15, 0.2) is 0 Å². The third-order valence-corrected chi connectivity index (χ3v) is 1.84. The van der Waals surface area contributed by atoms with E-state index >= 15 is 0 Å². The van der Waals surface area contributed by atoms with E-state index in [1.807, 2.05) is 6.08 Å². The highest BCUT2D eigenvalue weighted by atomic mass is 35.5. The van der Waals surface area contributed by atoms with E-state index in [1.54, 1.807) is 6.08 Å². The van der Waals surface area contributed by atoms with Crippen molar-refractivity contribution < 1.29 is 0 Å². The molecule has 2 heteroatoms. The first-order valence-electron chi connectivity index (χ1n) is 4.34. The lowest BCUT2D eigenvalue weighted by Gasteiger charge is -1.96. The highest BCUT2D eigenvalue weighted by molar-refractivity contribution is 6.55. The van der Waals surface area contributed by atoms with Gasteiger partial charge >= 0.3 is 0 Å². The third-order valence-electron chi connectivity index (χ3n) is 1.59. The number of halogens is 2. The first-order valence-corrected chi connectivity index (χ1v) is 5.10. The Morgan fingerprint density at radius 3 is 2.15 bits per heavy atom. The molecule has 0 aromatic heterocycles. The smallest absolute Gasteiger partial charge is 0.0856 e. The highest BCUT2D eigenvalue weighted by Gasteiger charge is 1.87. The SMILES string of the molecule is CC(C)=CCC/C(C)=C/C=C(Cl)Cl. The van der Waals surface area contributed by atoms with Crippen LogP contribution in [0.2, 0.25) is 0 Å². The summed E-state index contributed by atoms with van der Waals surface area (Å²) in [7, 11) is 0. The number of rotatable bonds is 4. The second kappa shape index (κ2) is 7.23. The zero-order valence-electron chi connectivity index (χ0n) is 8.40. The van der Waals surface area contributed by atoms with Gasteiger partial charge < -0.3 is 0 Å². The van der Waals surface area contributed by atoms with Gasteiger partial charge in [0.1, 0.15) is 4.49 Å². The zero-order chi connectivity index (χ0) is 10.3. The van der Waals surface area contributed by atoms with Crippen molar-refractivity contribution in [1.29, 1.82) is 0 Å². The van der Waals surface area contributed by atoms with E-state index in [-0.39, 0.29) is 0 Å². The minimum atomic E-state index is 0.307. The summed E-state index contributed by atoms with van der Waals surface area (Å²) >= 11 is 11.0. The molecule has 0 rings (SSSR count). The topological polar surface area (TPSA) is 0 Å². The molecule has 74 valence electrons. The molecule has 0 fully saturated rings. The molecule has 0 aliphatic heterocycles. The van der Waals surface area contributed by atoms with Crippen molar-refractivity contribution in [2.75, 3.05) is 0 Å². The highest BCUT2D eigenvalue weighted by Crippen LogP contribution is 2.10. The molecule has 0 aromatic carbocycles. The molecule has 0 heterocycles. The summed E-state index contributed by atoms with van der Waals surface area (Å²) in [5.41, 5.74) is 2.65. The lowest BCUT2D eigenvalue weighted by atomic mass is 10.1. The van der Waals surface area contributed by atoms with Crippen LogP contribution in [0.3, 0.4) is 0 Å². The van der Waals surface area contributed by atoms with E-state index in [4.69, 9.17) is 23.2 Å². The minimum Gasteiger partial charge on any atom is -0.0856 e. The summed E-state index contributed by atoms with van der Waals surface area (Å²) in [6.45, 7) is 6.29. The third kappa shape index (κ3) is 9.72. The van der Waals surface area contributed by atoms with E-state index in [9.17, 15) is 0 Å². The Morgan fingerprint density at radius 2 is 1.69 bits per heavy atom. The summed E-state index contributed by atoms with van der Waals surface area (Å²) in [4.78, 5) is 0. The molecule has 0 atom stereocenters. The Hall–Kier alpha value is -0.200. The predicted molar refractivity (Wildman–Crippen MR) is 62.2 cm³/mol. The molecule has 0 saturated carbocycles. The quantitative estimate of drug-likeness (QED) is 0.461. The van der Waals surface area contributed by atoms with Crippen LogP contribution in [0, 0.1) is 0 Å². The van der Waals surface area contributed by atoms with Crippen molar-refractivity contribution in [1.82, 2.24) is 0 Å². The predicted octanol–water partition coefficient (Wildman–Crippen LogP) is 5.00. The molecular formula is C11H16Cl2. The van der Waals surface area contributed by atoms with Crippen LogP contribution in [-0.4, -0.2) is 0 Å². The average molecular weight is 219 g/mol. The Bertz CT molecular complexity index is 226. The fraction of sp³-hybridized carbons (Fsp3) is 0.455. The van der Waals surface area contributed by atoms with E-state index in [0.29, 0.717) is 4.49 Å². The van der Waals surface area contributed by atoms with Gasteiger partial charge in [0.25, 0.3) is 0 Å². The van der Waals surface area contributed by atoms with Gasteiger partial charge in [0, 0.05) is 0 Å². The molecule has 0 bridgehead atoms. The monoisotopic (exact) mass is 218 g/mol. The van der Waals surface area contributed by atoms with Gasteiger partial charge in [-0.25, -0.2) is 0 Å². The normalized spacial score (nSPS) is 11.0. The van der Waals surface area contributed by atoms with Gasteiger partial charge in [0.05, 0.1) is 0 Å². The maximum absolute atomic E-state index is 5.48. The van der Waals surface area contributed by atoms with Crippen molar-refractivity contribution >= 4 is 23.2 Å². The maximum Gasteiger partial charge on any atom is 0.106 e. The fourth-order valence-electron chi connectivity index (χ4n) is 0.877. The summed E-state index contributed by atoms with van der Waals surface area (Å²) in [6.07, 6.45) is 8.03. The Morgan fingerprint density at radius 1 is 1.08 bits per heavy atom. The van der Waals surface area contributed by atoms with Crippen LogP contribution in [0.5, 0.6) is 0 Å². The lowest BCUT2D eigenvalue weighted by molar-refractivity contribution is 0.967. The van der Waals surface area contributed by atoms with Gasteiger partial charge in [-0.2, -0.15) is 0 Å². The first kappa shape index (κ1) is 12.8. The standard InChI is InChI=1S/C11H16Cl2/c1-9(2)5-4-6-10(3)7-8-11(12)13/h5,7-8H,4,6H2,1-3H3/b10-7+. The molecule has 13 heavy (non-hydrogen) atoms. The molecule has 0 unspecified atom stereocenters.